The Morgan fingerprint density at radius 1 is 1.36 bits per heavy atom. The van der Waals surface area contributed by atoms with Gasteiger partial charge in [-0.05, 0) is 50.9 Å². The molecule has 3 heterocycles. The second-order valence-electron chi connectivity index (χ2n) is 6.82. The molecule has 136 valence electrons. The van der Waals surface area contributed by atoms with Gasteiger partial charge in [-0.3, -0.25) is 9.48 Å². The van der Waals surface area contributed by atoms with Crippen molar-refractivity contribution >= 4 is 16.7 Å². The highest BCUT2D eigenvalue weighted by molar-refractivity contribution is 6.03. The third kappa shape index (κ3) is 3.92. The summed E-state index contributed by atoms with van der Waals surface area (Å²) < 4.78 is 7.68. The Balaban J connectivity index is 0.000000880. The van der Waals surface area contributed by atoms with Gasteiger partial charge in [0.1, 0.15) is 6.10 Å². The Labute approximate surface area is 148 Å². The number of rotatable bonds is 4. The van der Waals surface area contributed by atoms with E-state index in [1.165, 1.54) is 7.05 Å². The first-order valence-corrected chi connectivity index (χ1v) is 9.13. The molecule has 0 aliphatic carbocycles. The molecule has 1 unspecified atom stereocenters. The van der Waals surface area contributed by atoms with Crippen LogP contribution in [0, 0.1) is 12.8 Å². The van der Waals surface area contributed by atoms with Crippen LogP contribution >= 0.6 is 0 Å². The number of hydrogen-bond donors (Lipinski definition) is 2. The molecule has 2 fully saturated rings. The quantitative estimate of drug-likeness (QED) is 0.828. The van der Waals surface area contributed by atoms with Gasteiger partial charge in [-0.2, -0.15) is 5.10 Å². The predicted molar refractivity (Wildman–Crippen MR) is 98.9 cm³/mol. The molecule has 0 spiro atoms. The molecular weight excluding hydrogens is 316 g/mol. The number of carbonyl (C=O) groups is 1. The number of nitrogens with zero attached hydrogens (tertiary/aromatic N) is 2. The van der Waals surface area contributed by atoms with E-state index in [2.05, 4.69) is 22.3 Å². The minimum absolute atomic E-state index is 0.125. The third-order valence-corrected chi connectivity index (χ3v) is 4.95. The second kappa shape index (κ2) is 8.08. The van der Waals surface area contributed by atoms with Gasteiger partial charge < -0.3 is 15.8 Å². The van der Waals surface area contributed by atoms with Crippen LogP contribution in [0.2, 0.25) is 0 Å². The molecule has 25 heavy (non-hydrogen) atoms. The van der Waals surface area contributed by atoms with E-state index in [0.29, 0.717) is 12.5 Å². The van der Waals surface area contributed by atoms with Crippen LogP contribution in [-0.2, 0) is 11.3 Å². The lowest BCUT2D eigenvalue weighted by atomic mass is 9.95. The average molecular weight is 344 g/mol. The SMILES string of the molecule is CN.Cc1cc2nn(CC3CNC3)cc2cc1C(=O)C1CCCCO1. The lowest BCUT2D eigenvalue weighted by Crippen LogP contribution is -2.44. The van der Waals surface area contributed by atoms with E-state index in [1.807, 2.05) is 23.7 Å². The van der Waals surface area contributed by atoms with Gasteiger partial charge in [0.15, 0.2) is 5.78 Å². The van der Waals surface area contributed by atoms with Crippen LogP contribution in [0.4, 0.5) is 0 Å². The van der Waals surface area contributed by atoms with Crippen LogP contribution in [0.1, 0.15) is 35.2 Å². The van der Waals surface area contributed by atoms with Crippen molar-refractivity contribution in [3.8, 4) is 0 Å². The number of hydrogen-bond acceptors (Lipinski definition) is 5. The maximum Gasteiger partial charge on any atom is 0.191 e. The van der Waals surface area contributed by atoms with Crippen molar-refractivity contribution in [2.75, 3.05) is 26.7 Å². The van der Waals surface area contributed by atoms with E-state index in [9.17, 15) is 4.79 Å². The van der Waals surface area contributed by atoms with E-state index in [-0.39, 0.29) is 11.9 Å². The molecule has 1 aromatic heterocycles. The summed E-state index contributed by atoms with van der Waals surface area (Å²) in [5.74, 6) is 0.794. The van der Waals surface area contributed by atoms with E-state index in [0.717, 1.165) is 60.9 Å². The topological polar surface area (TPSA) is 82.2 Å². The van der Waals surface area contributed by atoms with Crippen molar-refractivity contribution in [2.45, 2.75) is 38.8 Å². The van der Waals surface area contributed by atoms with E-state index in [1.54, 1.807) is 0 Å². The number of fused-ring (bicyclic) bond motifs is 1. The largest absolute Gasteiger partial charge is 0.370 e. The van der Waals surface area contributed by atoms with Gasteiger partial charge >= 0.3 is 0 Å². The molecule has 3 N–H and O–H groups in total. The second-order valence-corrected chi connectivity index (χ2v) is 6.82. The summed E-state index contributed by atoms with van der Waals surface area (Å²) in [6.07, 6.45) is 4.77. The molecule has 0 radical (unpaired) electrons. The first-order valence-electron chi connectivity index (χ1n) is 9.13. The smallest absolute Gasteiger partial charge is 0.191 e. The van der Waals surface area contributed by atoms with Crippen molar-refractivity contribution < 1.29 is 9.53 Å². The van der Waals surface area contributed by atoms with Crippen LogP contribution in [0.5, 0.6) is 0 Å². The number of ketones is 1. The van der Waals surface area contributed by atoms with E-state index < -0.39 is 0 Å². The van der Waals surface area contributed by atoms with E-state index in [4.69, 9.17) is 4.74 Å². The fourth-order valence-corrected chi connectivity index (χ4v) is 3.45. The van der Waals surface area contributed by atoms with Crippen molar-refractivity contribution in [3.63, 3.8) is 0 Å². The molecule has 1 atom stereocenters. The van der Waals surface area contributed by atoms with Crippen LogP contribution in [-0.4, -0.2) is 48.4 Å². The monoisotopic (exact) mass is 344 g/mol. The van der Waals surface area contributed by atoms with Crippen LogP contribution in [0.3, 0.4) is 0 Å². The molecule has 2 saturated heterocycles. The number of aryl methyl sites for hydroxylation is 1. The number of nitrogens with one attached hydrogen (secondary N) is 1. The van der Waals surface area contributed by atoms with Gasteiger partial charge in [-0.15, -0.1) is 0 Å². The molecule has 6 nitrogen and oxygen atoms in total. The molecule has 1 aromatic carbocycles. The van der Waals surface area contributed by atoms with Crippen molar-refractivity contribution in [1.29, 1.82) is 0 Å². The molecular formula is C19H28N4O2. The Morgan fingerprint density at radius 3 is 2.80 bits per heavy atom. The highest BCUT2D eigenvalue weighted by atomic mass is 16.5. The van der Waals surface area contributed by atoms with Crippen LogP contribution in [0.25, 0.3) is 10.9 Å². The zero-order chi connectivity index (χ0) is 17.8. The Hall–Kier alpha value is -1.76. The minimum atomic E-state index is -0.268. The summed E-state index contributed by atoms with van der Waals surface area (Å²) >= 11 is 0. The summed E-state index contributed by atoms with van der Waals surface area (Å²) in [5.41, 5.74) is 7.25. The molecule has 0 saturated carbocycles. The lowest BCUT2D eigenvalue weighted by Gasteiger charge is -2.26. The maximum absolute atomic E-state index is 12.7. The fraction of sp³-hybridized carbons (Fsp3) is 0.579. The summed E-state index contributed by atoms with van der Waals surface area (Å²) in [7, 11) is 1.50. The fourth-order valence-electron chi connectivity index (χ4n) is 3.45. The van der Waals surface area contributed by atoms with Gasteiger partial charge in [0.25, 0.3) is 0 Å². The molecule has 2 aliphatic rings. The number of nitrogens with two attached hydrogens (primary N) is 1. The highest BCUT2D eigenvalue weighted by Gasteiger charge is 2.25. The molecule has 0 bridgehead atoms. The van der Waals surface area contributed by atoms with Gasteiger partial charge in [-0.25, -0.2) is 0 Å². The van der Waals surface area contributed by atoms with Crippen molar-refractivity contribution in [1.82, 2.24) is 15.1 Å². The molecule has 0 amide bonds. The molecule has 2 aromatic rings. The van der Waals surface area contributed by atoms with Gasteiger partial charge in [-0.1, -0.05) is 0 Å². The first kappa shape index (κ1) is 18.0. The molecule has 4 rings (SSSR count). The zero-order valence-corrected chi connectivity index (χ0v) is 15.1. The van der Waals surface area contributed by atoms with Crippen LogP contribution < -0.4 is 11.1 Å². The number of carbonyl (C=O) groups excluding carboxylic acids is 1. The maximum atomic E-state index is 12.7. The highest BCUT2D eigenvalue weighted by Crippen LogP contribution is 2.24. The molecule has 2 aliphatic heterocycles. The van der Waals surface area contributed by atoms with Gasteiger partial charge in [0.05, 0.1) is 5.52 Å². The Morgan fingerprint density at radius 2 is 2.16 bits per heavy atom. The van der Waals surface area contributed by atoms with Crippen molar-refractivity contribution in [3.05, 3.63) is 29.5 Å². The predicted octanol–water partition coefficient (Wildman–Crippen LogP) is 1.89. The lowest BCUT2D eigenvalue weighted by molar-refractivity contribution is 0.0186. The molecule has 6 heteroatoms. The summed E-state index contributed by atoms with van der Waals surface area (Å²) in [4.78, 5) is 12.7. The summed E-state index contributed by atoms with van der Waals surface area (Å²) in [6.45, 7) is 5.77. The summed E-state index contributed by atoms with van der Waals surface area (Å²) in [5, 5.41) is 8.98. The number of benzene rings is 1. The standard InChI is InChI=1S/C18H23N3O2.CH5N/c1-12-6-16-14(11-21(20-16)10-13-8-19-9-13)7-15(12)18(22)17-4-2-3-5-23-17;1-2/h6-7,11,13,17,19H,2-5,8-10H2,1H3;2H2,1H3. The Kier molecular flexibility index (Phi) is 5.83. The number of Topliss-reactive ketones (excluding diaryl/α,β-unsaturated/α-hetero) is 1. The van der Waals surface area contributed by atoms with Crippen LogP contribution in [0.15, 0.2) is 18.3 Å². The first-order chi connectivity index (χ1) is 12.2. The van der Waals surface area contributed by atoms with Gasteiger partial charge in [0.2, 0.25) is 0 Å². The number of ether oxygens (including phenoxy) is 1. The van der Waals surface area contributed by atoms with Crippen molar-refractivity contribution in [2.24, 2.45) is 11.7 Å². The van der Waals surface area contributed by atoms with E-state index >= 15 is 0 Å². The third-order valence-electron chi connectivity index (χ3n) is 4.95. The minimum Gasteiger partial charge on any atom is -0.370 e. The zero-order valence-electron chi connectivity index (χ0n) is 15.1. The number of aromatic nitrogens is 2. The summed E-state index contributed by atoms with van der Waals surface area (Å²) in [6, 6.07) is 4.02. The Bertz CT molecular complexity index is 730. The normalized spacial score (nSPS) is 20.7. The van der Waals surface area contributed by atoms with Gasteiger partial charge in [0, 0.05) is 49.3 Å². The average Bonchev–Trinajstić information content (AvgIpc) is 3.01.